The van der Waals surface area contributed by atoms with Gasteiger partial charge in [-0.25, -0.2) is 0 Å². The summed E-state index contributed by atoms with van der Waals surface area (Å²) < 4.78 is 0. The lowest BCUT2D eigenvalue weighted by Gasteiger charge is -2.38. The van der Waals surface area contributed by atoms with Crippen LogP contribution >= 0.6 is 0 Å². The first-order chi connectivity index (χ1) is 8.65. The summed E-state index contributed by atoms with van der Waals surface area (Å²) in [5.74, 6) is 0.418. The van der Waals surface area contributed by atoms with E-state index in [1.54, 1.807) is 0 Å². The number of hydrogen-bond donors (Lipinski definition) is 2. The van der Waals surface area contributed by atoms with Crippen LogP contribution in [0.5, 0.6) is 0 Å². The second-order valence-corrected chi connectivity index (χ2v) is 6.25. The number of hydrogen-bond acceptors (Lipinski definition) is 2. The highest BCUT2D eigenvalue weighted by atomic mass is 16.3. The van der Waals surface area contributed by atoms with Gasteiger partial charge in [-0.2, -0.15) is 0 Å². The molecule has 1 saturated heterocycles. The normalized spacial score (nSPS) is 32.7. The average Bonchev–Trinajstić information content (AvgIpc) is 2.33. The third-order valence-electron chi connectivity index (χ3n) is 4.45. The van der Waals surface area contributed by atoms with E-state index in [9.17, 15) is 5.11 Å². The monoisotopic (exact) mass is 255 g/mol. The zero-order valence-electron chi connectivity index (χ0n) is 12.6. The summed E-state index contributed by atoms with van der Waals surface area (Å²) in [6, 6.07) is 1.00. The Kier molecular flexibility index (Phi) is 7.92. The molecule has 0 aliphatic carbocycles. The van der Waals surface area contributed by atoms with Gasteiger partial charge in [-0.1, -0.05) is 58.8 Å². The molecule has 18 heavy (non-hydrogen) atoms. The molecule has 0 radical (unpaired) electrons. The summed E-state index contributed by atoms with van der Waals surface area (Å²) in [6.07, 6.45) is 11.6. The molecule has 0 aromatic carbocycles. The summed E-state index contributed by atoms with van der Waals surface area (Å²) in [4.78, 5) is 0. The van der Waals surface area contributed by atoms with Gasteiger partial charge in [-0.3, -0.25) is 0 Å². The largest absolute Gasteiger partial charge is 0.393 e. The van der Waals surface area contributed by atoms with E-state index in [1.165, 1.54) is 51.4 Å². The van der Waals surface area contributed by atoms with Gasteiger partial charge < -0.3 is 10.4 Å². The molecular weight excluding hydrogens is 222 g/mol. The molecule has 1 aliphatic heterocycles. The van der Waals surface area contributed by atoms with Crippen LogP contribution in [0.25, 0.3) is 0 Å². The Morgan fingerprint density at radius 3 is 2.28 bits per heavy atom. The minimum atomic E-state index is -0.101. The zero-order chi connectivity index (χ0) is 13.4. The minimum absolute atomic E-state index is 0.101. The van der Waals surface area contributed by atoms with E-state index in [2.05, 4.69) is 26.1 Å². The first kappa shape index (κ1) is 16.0. The highest BCUT2D eigenvalue weighted by Gasteiger charge is 2.30. The van der Waals surface area contributed by atoms with Crippen molar-refractivity contribution in [3.63, 3.8) is 0 Å². The molecule has 1 heterocycles. The maximum absolute atomic E-state index is 9.98. The molecule has 4 atom stereocenters. The van der Waals surface area contributed by atoms with Crippen LogP contribution in [0.3, 0.4) is 0 Å². The fourth-order valence-electron chi connectivity index (χ4n) is 3.10. The van der Waals surface area contributed by atoms with Gasteiger partial charge in [0.1, 0.15) is 0 Å². The number of rotatable bonds is 8. The Bertz CT molecular complexity index is 207. The zero-order valence-corrected chi connectivity index (χ0v) is 12.6. The lowest BCUT2D eigenvalue weighted by Crippen LogP contribution is -2.51. The highest BCUT2D eigenvalue weighted by Crippen LogP contribution is 2.24. The maximum atomic E-state index is 9.98. The molecule has 0 aromatic rings. The van der Waals surface area contributed by atoms with Gasteiger partial charge >= 0.3 is 0 Å². The molecule has 1 fully saturated rings. The Labute approximate surface area is 114 Å². The lowest BCUT2D eigenvalue weighted by molar-refractivity contribution is 0.0415. The Morgan fingerprint density at radius 1 is 1.00 bits per heavy atom. The predicted molar refractivity (Wildman–Crippen MR) is 78.8 cm³/mol. The summed E-state index contributed by atoms with van der Waals surface area (Å²) in [5, 5.41) is 13.6. The van der Waals surface area contributed by atoms with Gasteiger partial charge in [0.15, 0.2) is 0 Å². The molecule has 0 bridgehead atoms. The highest BCUT2D eigenvalue weighted by molar-refractivity contribution is 4.88. The number of piperidine rings is 1. The van der Waals surface area contributed by atoms with Crippen molar-refractivity contribution in [3.05, 3.63) is 0 Å². The van der Waals surface area contributed by atoms with Crippen molar-refractivity contribution < 1.29 is 5.11 Å². The van der Waals surface area contributed by atoms with E-state index in [0.29, 0.717) is 18.0 Å². The van der Waals surface area contributed by atoms with E-state index in [0.717, 1.165) is 6.42 Å². The van der Waals surface area contributed by atoms with Crippen LogP contribution < -0.4 is 5.32 Å². The second kappa shape index (κ2) is 8.92. The molecule has 0 spiro atoms. The smallest absolute Gasteiger partial charge is 0.0595 e. The molecule has 2 heteroatoms. The molecule has 0 amide bonds. The van der Waals surface area contributed by atoms with Gasteiger partial charge in [-0.05, 0) is 25.7 Å². The maximum Gasteiger partial charge on any atom is 0.0595 e. The Morgan fingerprint density at radius 2 is 1.61 bits per heavy atom. The fraction of sp³-hybridized carbons (Fsp3) is 1.00. The SMILES string of the molecule is CCCCCCCCC[C@H]1N[C@@H](C)C[C@@H](O)[C@@H]1C. The molecule has 0 aromatic heterocycles. The summed E-state index contributed by atoms with van der Waals surface area (Å²) in [5.41, 5.74) is 0. The Hall–Kier alpha value is -0.0800. The van der Waals surface area contributed by atoms with E-state index >= 15 is 0 Å². The molecule has 0 unspecified atom stereocenters. The molecule has 2 N–H and O–H groups in total. The predicted octanol–water partition coefficient (Wildman–Crippen LogP) is 3.87. The first-order valence-corrected chi connectivity index (χ1v) is 8.09. The molecule has 1 aliphatic rings. The van der Waals surface area contributed by atoms with Crippen molar-refractivity contribution in [2.45, 2.75) is 96.7 Å². The third-order valence-corrected chi connectivity index (χ3v) is 4.45. The van der Waals surface area contributed by atoms with Crippen LogP contribution in [0.2, 0.25) is 0 Å². The van der Waals surface area contributed by atoms with Gasteiger partial charge in [0, 0.05) is 12.1 Å². The average molecular weight is 255 g/mol. The van der Waals surface area contributed by atoms with Crippen molar-refractivity contribution in [1.29, 1.82) is 0 Å². The van der Waals surface area contributed by atoms with Crippen molar-refractivity contribution in [1.82, 2.24) is 5.32 Å². The summed E-state index contributed by atoms with van der Waals surface area (Å²) in [7, 11) is 0. The van der Waals surface area contributed by atoms with E-state index in [4.69, 9.17) is 0 Å². The van der Waals surface area contributed by atoms with Gasteiger partial charge in [0.2, 0.25) is 0 Å². The lowest BCUT2D eigenvalue weighted by atomic mass is 9.84. The quantitative estimate of drug-likeness (QED) is 0.645. The van der Waals surface area contributed by atoms with Crippen molar-refractivity contribution in [2.75, 3.05) is 0 Å². The standard InChI is InChI=1S/C16H33NO/c1-4-5-6-7-8-9-10-11-15-14(3)16(18)12-13(2)17-15/h13-18H,4-12H2,1-3H3/t13-,14+,15+,16+/m0/s1. The van der Waals surface area contributed by atoms with Crippen molar-refractivity contribution in [3.8, 4) is 0 Å². The number of unbranched alkanes of at least 4 members (excludes halogenated alkanes) is 6. The van der Waals surface area contributed by atoms with Crippen LogP contribution in [-0.2, 0) is 0 Å². The van der Waals surface area contributed by atoms with Gasteiger partial charge in [-0.15, -0.1) is 0 Å². The molecular formula is C16H33NO. The van der Waals surface area contributed by atoms with Gasteiger partial charge in [0.05, 0.1) is 6.10 Å². The van der Waals surface area contributed by atoms with Crippen molar-refractivity contribution in [2.24, 2.45) is 5.92 Å². The van der Waals surface area contributed by atoms with Crippen LogP contribution in [0.4, 0.5) is 0 Å². The fourth-order valence-corrected chi connectivity index (χ4v) is 3.10. The second-order valence-electron chi connectivity index (χ2n) is 6.25. The molecule has 0 saturated carbocycles. The first-order valence-electron chi connectivity index (χ1n) is 8.09. The van der Waals surface area contributed by atoms with Crippen LogP contribution in [-0.4, -0.2) is 23.3 Å². The van der Waals surface area contributed by atoms with E-state index < -0.39 is 0 Å². The number of nitrogens with one attached hydrogen (secondary N) is 1. The van der Waals surface area contributed by atoms with Gasteiger partial charge in [0.25, 0.3) is 0 Å². The van der Waals surface area contributed by atoms with E-state index in [-0.39, 0.29) is 6.10 Å². The molecule has 108 valence electrons. The third kappa shape index (κ3) is 5.71. The van der Waals surface area contributed by atoms with Crippen LogP contribution in [0.1, 0.15) is 78.6 Å². The van der Waals surface area contributed by atoms with Crippen LogP contribution in [0, 0.1) is 5.92 Å². The summed E-state index contributed by atoms with van der Waals surface area (Å²) >= 11 is 0. The van der Waals surface area contributed by atoms with Crippen molar-refractivity contribution >= 4 is 0 Å². The summed E-state index contributed by atoms with van der Waals surface area (Å²) in [6.45, 7) is 6.64. The molecule has 1 rings (SSSR count). The minimum Gasteiger partial charge on any atom is -0.393 e. The number of aliphatic hydroxyl groups is 1. The molecule has 2 nitrogen and oxygen atoms in total. The van der Waals surface area contributed by atoms with Crippen LogP contribution in [0.15, 0.2) is 0 Å². The number of aliphatic hydroxyl groups excluding tert-OH is 1. The van der Waals surface area contributed by atoms with E-state index in [1.807, 2.05) is 0 Å². The Balaban J connectivity index is 2.07. The topological polar surface area (TPSA) is 32.3 Å².